The number of ether oxygens (including phenoxy) is 1. The molecule has 214 valence electrons. The average molecular weight is 656 g/mol. The summed E-state index contributed by atoms with van der Waals surface area (Å²) in [6.45, 7) is 0.424. The quantitative estimate of drug-likeness (QED) is 0.190. The molecule has 0 fully saturated rings. The third-order valence-electron chi connectivity index (χ3n) is 8.50. The number of benzene rings is 5. The van der Waals surface area contributed by atoms with Crippen molar-refractivity contribution in [3.8, 4) is 5.75 Å². The van der Waals surface area contributed by atoms with Crippen molar-refractivity contribution in [1.29, 1.82) is 0 Å². The number of halogens is 1. The van der Waals surface area contributed by atoms with Crippen LogP contribution < -0.4 is 19.6 Å². The first-order valence-corrected chi connectivity index (χ1v) is 16.3. The van der Waals surface area contributed by atoms with E-state index in [9.17, 15) is 4.79 Å². The molecule has 1 aliphatic carbocycles. The van der Waals surface area contributed by atoms with E-state index in [1.165, 1.54) is 28.0 Å². The standard InChI is InChI=1S/C38H27BrN2O2S/c39-28-18-14-24(15-19-28)23-43-33-21-17-25-8-4-6-12-29(25)32(33)22-34-37(42)41-36(27-10-2-1-3-11-27)31-20-16-26-9-5-7-13-30(26)35(31)40-38(41)44-34/h1-15,17-19,21-22,36H,16,20,23H2/b34-22+/t36-/m0/s1. The van der Waals surface area contributed by atoms with Crippen molar-refractivity contribution in [2.24, 2.45) is 4.99 Å². The van der Waals surface area contributed by atoms with E-state index in [0.29, 0.717) is 11.1 Å². The number of aryl methyl sites for hydroxylation is 1. The second kappa shape index (κ2) is 11.2. The Kier molecular flexibility index (Phi) is 6.89. The lowest BCUT2D eigenvalue weighted by Gasteiger charge is -2.30. The topological polar surface area (TPSA) is 43.6 Å². The molecule has 0 saturated carbocycles. The van der Waals surface area contributed by atoms with Gasteiger partial charge in [0.25, 0.3) is 5.56 Å². The van der Waals surface area contributed by atoms with E-state index in [2.05, 4.69) is 70.5 Å². The number of hydrogen-bond donors (Lipinski definition) is 0. The second-order valence-corrected chi connectivity index (χ2v) is 13.1. The molecule has 0 radical (unpaired) electrons. The summed E-state index contributed by atoms with van der Waals surface area (Å²) in [7, 11) is 0. The van der Waals surface area contributed by atoms with Gasteiger partial charge in [0.1, 0.15) is 12.4 Å². The molecule has 2 aliphatic rings. The van der Waals surface area contributed by atoms with Gasteiger partial charge in [0, 0.05) is 15.6 Å². The molecule has 8 rings (SSSR count). The van der Waals surface area contributed by atoms with E-state index in [4.69, 9.17) is 9.73 Å². The van der Waals surface area contributed by atoms with Crippen LogP contribution >= 0.6 is 27.3 Å². The Hall–Kier alpha value is -4.52. The van der Waals surface area contributed by atoms with Crippen molar-refractivity contribution in [3.63, 3.8) is 0 Å². The van der Waals surface area contributed by atoms with Crippen LogP contribution in [0.25, 0.3) is 22.5 Å². The van der Waals surface area contributed by atoms with Crippen LogP contribution in [0, 0.1) is 0 Å². The zero-order valence-electron chi connectivity index (χ0n) is 23.7. The molecule has 1 atom stereocenters. The minimum atomic E-state index is -0.196. The highest BCUT2D eigenvalue weighted by Crippen LogP contribution is 2.41. The van der Waals surface area contributed by atoms with Gasteiger partial charge >= 0.3 is 0 Å². The number of nitrogens with zero attached hydrogens (tertiary/aromatic N) is 2. The van der Waals surface area contributed by atoms with E-state index in [1.54, 1.807) is 0 Å². The molecule has 1 aromatic heterocycles. The van der Waals surface area contributed by atoms with Crippen molar-refractivity contribution in [1.82, 2.24) is 4.57 Å². The molecule has 0 amide bonds. The fourth-order valence-corrected chi connectivity index (χ4v) is 7.63. The largest absolute Gasteiger partial charge is 0.488 e. The monoisotopic (exact) mass is 654 g/mol. The minimum absolute atomic E-state index is 0.0280. The van der Waals surface area contributed by atoms with Crippen LogP contribution in [0.15, 0.2) is 135 Å². The third kappa shape index (κ3) is 4.75. The highest BCUT2D eigenvalue weighted by atomic mass is 79.9. The Morgan fingerprint density at radius 3 is 2.50 bits per heavy atom. The lowest BCUT2D eigenvalue weighted by atomic mass is 9.83. The Morgan fingerprint density at radius 1 is 0.864 bits per heavy atom. The highest BCUT2D eigenvalue weighted by molar-refractivity contribution is 9.10. The highest BCUT2D eigenvalue weighted by Gasteiger charge is 2.32. The molecule has 2 heterocycles. The Bertz CT molecular complexity index is 2270. The maximum absolute atomic E-state index is 14.4. The van der Waals surface area contributed by atoms with Crippen LogP contribution in [0.4, 0.5) is 0 Å². The second-order valence-electron chi connectivity index (χ2n) is 11.1. The molecule has 0 bridgehead atoms. The molecule has 6 aromatic rings. The summed E-state index contributed by atoms with van der Waals surface area (Å²) in [5.74, 6) is 0.741. The van der Waals surface area contributed by atoms with Gasteiger partial charge < -0.3 is 4.74 Å². The van der Waals surface area contributed by atoms with E-state index in [0.717, 1.165) is 61.0 Å². The van der Waals surface area contributed by atoms with E-state index >= 15 is 0 Å². The zero-order valence-corrected chi connectivity index (χ0v) is 26.1. The van der Waals surface area contributed by atoms with Crippen LogP contribution in [0.2, 0.25) is 0 Å². The summed E-state index contributed by atoms with van der Waals surface area (Å²) in [5.41, 5.74) is 7.74. The summed E-state index contributed by atoms with van der Waals surface area (Å²) in [4.78, 5) is 20.3. The number of aromatic nitrogens is 1. The first kappa shape index (κ1) is 27.1. The predicted octanol–water partition coefficient (Wildman–Crippen LogP) is 7.81. The SMILES string of the molecule is O=c1/c(=C\c2c(OCc3ccc(Br)cc3)ccc3ccccc23)sc2n1[C@@H](c1ccccc1)C1=C(N=2)c2ccccc2CC1. The first-order valence-electron chi connectivity index (χ1n) is 14.7. The van der Waals surface area contributed by atoms with Crippen molar-refractivity contribution < 1.29 is 4.74 Å². The van der Waals surface area contributed by atoms with Crippen molar-refractivity contribution in [3.05, 3.63) is 173 Å². The van der Waals surface area contributed by atoms with Gasteiger partial charge in [-0.15, -0.1) is 0 Å². The normalized spacial score (nSPS) is 15.8. The van der Waals surface area contributed by atoms with Gasteiger partial charge in [0.2, 0.25) is 0 Å². The molecule has 0 spiro atoms. The molecule has 0 unspecified atom stereocenters. The summed E-state index contributed by atoms with van der Waals surface area (Å²) in [6, 6.07) is 39.1. The van der Waals surface area contributed by atoms with Crippen LogP contribution in [0.3, 0.4) is 0 Å². The fraction of sp³-hybridized carbons (Fsp3) is 0.105. The molecule has 0 saturated heterocycles. The third-order valence-corrected chi connectivity index (χ3v) is 10.0. The molecule has 44 heavy (non-hydrogen) atoms. The summed E-state index contributed by atoms with van der Waals surface area (Å²) in [6.07, 6.45) is 3.81. The predicted molar refractivity (Wildman–Crippen MR) is 182 cm³/mol. The molecular formula is C38H27BrN2O2S. The maximum atomic E-state index is 14.4. The van der Waals surface area contributed by atoms with Crippen LogP contribution in [-0.2, 0) is 13.0 Å². The lowest BCUT2D eigenvalue weighted by molar-refractivity contribution is 0.306. The van der Waals surface area contributed by atoms with E-state index in [-0.39, 0.29) is 11.6 Å². The van der Waals surface area contributed by atoms with Gasteiger partial charge in [-0.05, 0) is 70.2 Å². The number of fused-ring (bicyclic) bond motifs is 4. The molecule has 4 nitrogen and oxygen atoms in total. The van der Waals surface area contributed by atoms with Crippen LogP contribution in [0.1, 0.15) is 40.3 Å². The summed E-state index contributed by atoms with van der Waals surface area (Å²) < 4.78 is 9.99. The van der Waals surface area contributed by atoms with Gasteiger partial charge in [-0.2, -0.15) is 0 Å². The molecule has 1 aliphatic heterocycles. The van der Waals surface area contributed by atoms with Crippen molar-refractivity contribution in [2.75, 3.05) is 0 Å². The number of allylic oxidation sites excluding steroid dienone is 1. The van der Waals surface area contributed by atoms with Gasteiger partial charge in [-0.3, -0.25) is 9.36 Å². The summed E-state index contributed by atoms with van der Waals surface area (Å²) >= 11 is 4.96. The molecule has 5 aromatic carbocycles. The van der Waals surface area contributed by atoms with Gasteiger partial charge in [0.15, 0.2) is 4.80 Å². The van der Waals surface area contributed by atoms with E-state index in [1.807, 2.05) is 71.3 Å². The van der Waals surface area contributed by atoms with Gasteiger partial charge in [0.05, 0.1) is 16.3 Å². The molecule has 6 heteroatoms. The van der Waals surface area contributed by atoms with E-state index < -0.39 is 0 Å². The van der Waals surface area contributed by atoms with Crippen molar-refractivity contribution in [2.45, 2.75) is 25.5 Å². The Morgan fingerprint density at radius 2 is 1.64 bits per heavy atom. The van der Waals surface area contributed by atoms with Crippen LogP contribution in [-0.4, -0.2) is 4.57 Å². The zero-order chi connectivity index (χ0) is 29.6. The fourth-order valence-electron chi connectivity index (χ4n) is 6.38. The number of thiazole rings is 1. The van der Waals surface area contributed by atoms with Gasteiger partial charge in [-0.25, -0.2) is 4.99 Å². The van der Waals surface area contributed by atoms with Crippen molar-refractivity contribution >= 4 is 49.8 Å². The average Bonchev–Trinajstić information content (AvgIpc) is 3.38. The first-order chi connectivity index (χ1) is 21.6. The van der Waals surface area contributed by atoms with Gasteiger partial charge in [-0.1, -0.05) is 124 Å². The lowest BCUT2D eigenvalue weighted by Crippen LogP contribution is -2.38. The number of rotatable bonds is 5. The maximum Gasteiger partial charge on any atom is 0.271 e. The smallest absolute Gasteiger partial charge is 0.271 e. The molecular weight excluding hydrogens is 628 g/mol. The Balaban J connectivity index is 1.32. The molecule has 0 N–H and O–H groups in total. The Labute approximate surface area is 267 Å². The summed E-state index contributed by atoms with van der Waals surface area (Å²) in [5, 5.41) is 2.14. The minimum Gasteiger partial charge on any atom is -0.488 e. The van der Waals surface area contributed by atoms with Crippen LogP contribution in [0.5, 0.6) is 5.75 Å². The number of hydrogen-bond acceptors (Lipinski definition) is 4.